The van der Waals surface area contributed by atoms with E-state index in [2.05, 4.69) is 4.74 Å². The molecule has 2 aromatic rings. The first kappa shape index (κ1) is 15.4. The summed E-state index contributed by atoms with van der Waals surface area (Å²) in [5.41, 5.74) is 7.50. The Bertz CT molecular complexity index is 563. The molecule has 3 N–H and O–H groups in total. The molecule has 0 aliphatic carbocycles. The second-order valence-electron chi connectivity index (χ2n) is 4.73. The topological polar surface area (TPSA) is 55.5 Å². The van der Waals surface area contributed by atoms with Gasteiger partial charge in [-0.1, -0.05) is 42.5 Å². The average Bonchev–Trinajstić information content (AvgIpc) is 2.47. The van der Waals surface area contributed by atoms with Crippen molar-refractivity contribution < 1.29 is 18.6 Å². The molecule has 0 aliphatic rings. The van der Waals surface area contributed by atoms with Gasteiger partial charge >= 0.3 is 6.61 Å². The maximum atomic E-state index is 12.2. The molecule has 3 nitrogen and oxygen atoms in total. The van der Waals surface area contributed by atoms with Crippen molar-refractivity contribution in [3.63, 3.8) is 0 Å². The zero-order valence-corrected chi connectivity index (χ0v) is 11.3. The van der Waals surface area contributed by atoms with E-state index in [0.717, 1.165) is 5.56 Å². The van der Waals surface area contributed by atoms with Gasteiger partial charge in [0.25, 0.3) is 0 Å². The molecule has 112 valence electrons. The van der Waals surface area contributed by atoms with Crippen LogP contribution in [0, 0.1) is 0 Å². The van der Waals surface area contributed by atoms with Crippen LogP contribution in [-0.2, 0) is 6.42 Å². The number of alkyl halides is 2. The number of ether oxygens (including phenoxy) is 1. The van der Waals surface area contributed by atoms with Crippen LogP contribution in [0.3, 0.4) is 0 Å². The minimum Gasteiger partial charge on any atom is -0.435 e. The van der Waals surface area contributed by atoms with Crippen molar-refractivity contribution in [1.82, 2.24) is 0 Å². The molecule has 0 spiro atoms. The average molecular weight is 293 g/mol. The van der Waals surface area contributed by atoms with E-state index in [0.29, 0.717) is 12.0 Å². The van der Waals surface area contributed by atoms with Crippen LogP contribution >= 0.6 is 0 Å². The Labute approximate surface area is 122 Å². The van der Waals surface area contributed by atoms with Crippen molar-refractivity contribution in [2.75, 3.05) is 0 Å². The van der Waals surface area contributed by atoms with Crippen LogP contribution in [0.1, 0.15) is 17.2 Å². The van der Waals surface area contributed by atoms with Gasteiger partial charge < -0.3 is 15.6 Å². The molecule has 0 heterocycles. The van der Waals surface area contributed by atoms with E-state index < -0.39 is 18.8 Å². The molecule has 2 rings (SSSR count). The van der Waals surface area contributed by atoms with Crippen molar-refractivity contribution >= 4 is 0 Å². The Morgan fingerprint density at radius 2 is 1.76 bits per heavy atom. The number of hydrogen-bond acceptors (Lipinski definition) is 3. The maximum absolute atomic E-state index is 12.2. The molecule has 2 aromatic carbocycles. The third-order valence-corrected chi connectivity index (χ3v) is 3.17. The molecular weight excluding hydrogens is 276 g/mol. The number of aliphatic hydroxyl groups is 1. The summed E-state index contributed by atoms with van der Waals surface area (Å²) in [6.45, 7) is -2.88. The summed E-state index contributed by atoms with van der Waals surface area (Å²) in [6, 6.07) is 14.9. The molecule has 0 unspecified atom stereocenters. The van der Waals surface area contributed by atoms with E-state index in [-0.39, 0.29) is 5.75 Å². The molecule has 0 fully saturated rings. The number of halogens is 2. The molecule has 0 aliphatic heterocycles. The second kappa shape index (κ2) is 7.15. The second-order valence-corrected chi connectivity index (χ2v) is 4.73. The largest absolute Gasteiger partial charge is 0.435 e. The predicted octanol–water partition coefficient (Wildman–Crippen LogP) is 2.89. The Balaban J connectivity index is 2.06. The summed E-state index contributed by atoms with van der Waals surface area (Å²) in [6.07, 6.45) is -0.420. The van der Waals surface area contributed by atoms with Crippen molar-refractivity contribution in [1.29, 1.82) is 0 Å². The van der Waals surface area contributed by atoms with Crippen LogP contribution in [0.5, 0.6) is 5.75 Å². The molecule has 0 saturated carbocycles. The lowest BCUT2D eigenvalue weighted by atomic mass is 9.97. The standard InChI is InChI=1S/C16H17F2NO2/c17-16(18)21-13-8-4-7-12(10-13)15(19)14(20)9-11-5-2-1-3-6-11/h1-8,10,14-16,20H,9,19H2/t14-,15+/m0/s1. The van der Waals surface area contributed by atoms with Crippen LogP contribution in [0.4, 0.5) is 8.78 Å². The van der Waals surface area contributed by atoms with Gasteiger partial charge in [-0.25, -0.2) is 0 Å². The van der Waals surface area contributed by atoms with Crippen LogP contribution in [0.25, 0.3) is 0 Å². The fraction of sp³-hybridized carbons (Fsp3) is 0.250. The summed E-state index contributed by atoms with van der Waals surface area (Å²) >= 11 is 0. The molecule has 0 bridgehead atoms. The molecule has 0 aromatic heterocycles. The Morgan fingerprint density at radius 1 is 1.05 bits per heavy atom. The highest BCUT2D eigenvalue weighted by molar-refractivity contribution is 5.31. The lowest BCUT2D eigenvalue weighted by Crippen LogP contribution is -2.28. The van der Waals surface area contributed by atoms with Gasteiger partial charge in [-0.05, 0) is 23.3 Å². The van der Waals surface area contributed by atoms with Crippen molar-refractivity contribution in [2.45, 2.75) is 25.2 Å². The van der Waals surface area contributed by atoms with Crippen LogP contribution < -0.4 is 10.5 Å². The summed E-state index contributed by atoms with van der Waals surface area (Å²) in [5.74, 6) is 0.0323. The van der Waals surface area contributed by atoms with Gasteiger partial charge in [0.2, 0.25) is 0 Å². The lowest BCUT2D eigenvalue weighted by Gasteiger charge is -2.20. The maximum Gasteiger partial charge on any atom is 0.387 e. The van der Waals surface area contributed by atoms with Gasteiger partial charge in [0, 0.05) is 6.42 Å². The zero-order chi connectivity index (χ0) is 15.2. The Hall–Kier alpha value is -1.98. The van der Waals surface area contributed by atoms with Gasteiger partial charge in [-0.2, -0.15) is 8.78 Å². The lowest BCUT2D eigenvalue weighted by molar-refractivity contribution is -0.0499. The quantitative estimate of drug-likeness (QED) is 0.861. The number of benzene rings is 2. The first-order chi connectivity index (χ1) is 10.1. The molecule has 0 saturated heterocycles. The molecule has 0 radical (unpaired) electrons. The molecular formula is C16H17F2NO2. The number of aliphatic hydroxyl groups excluding tert-OH is 1. The number of rotatable bonds is 6. The summed E-state index contributed by atoms with van der Waals surface area (Å²) in [5, 5.41) is 10.2. The highest BCUT2D eigenvalue weighted by atomic mass is 19.3. The normalized spacial score (nSPS) is 14.0. The van der Waals surface area contributed by atoms with Gasteiger partial charge in [0.1, 0.15) is 5.75 Å². The SMILES string of the molecule is N[C@H](c1cccc(OC(F)F)c1)[C@@H](O)Cc1ccccc1. The monoisotopic (exact) mass is 293 g/mol. The Kier molecular flexibility index (Phi) is 5.25. The van der Waals surface area contributed by atoms with Crippen molar-refractivity contribution in [2.24, 2.45) is 5.73 Å². The number of nitrogens with two attached hydrogens (primary N) is 1. The molecule has 5 heteroatoms. The fourth-order valence-electron chi connectivity index (χ4n) is 2.10. The zero-order valence-electron chi connectivity index (χ0n) is 11.3. The highest BCUT2D eigenvalue weighted by Gasteiger charge is 2.18. The Morgan fingerprint density at radius 3 is 2.43 bits per heavy atom. The van der Waals surface area contributed by atoms with Crippen molar-refractivity contribution in [3.05, 3.63) is 65.7 Å². The van der Waals surface area contributed by atoms with E-state index in [4.69, 9.17) is 5.73 Å². The van der Waals surface area contributed by atoms with Gasteiger partial charge in [0.15, 0.2) is 0 Å². The molecule has 21 heavy (non-hydrogen) atoms. The fourth-order valence-corrected chi connectivity index (χ4v) is 2.10. The summed E-state index contributed by atoms with van der Waals surface area (Å²) < 4.78 is 28.7. The van der Waals surface area contributed by atoms with E-state index in [1.807, 2.05) is 30.3 Å². The van der Waals surface area contributed by atoms with E-state index in [9.17, 15) is 13.9 Å². The number of hydrogen-bond donors (Lipinski definition) is 2. The highest BCUT2D eigenvalue weighted by Crippen LogP contribution is 2.23. The first-order valence-corrected chi connectivity index (χ1v) is 6.58. The van der Waals surface area contributed by atoms with E-state index >= 15 is 0 Å². The minimum absolute atomic E-state index is 0.0323. The van der Waals surface area contributed by atoms with E-state index in [1.165, 1.54) is 12.1 Å². The smallest absolute Gasteiger partial charge is 0.387 e. The molecule has 2 atom stereocenters. The van der Waals surface area contributed by atoms with Crippen LogP contribution in [0.15, 0.2) is 54.6 Å². The minimum atomic E-state index is -2.88. The van der Waals surface area contributed by atoms with Crippen molar-refractivity contribution in [3.8, 4) is 5.75 Å². The van der Waals surface area contributed by atoms with Gasteiger partial charge in [0.05, 0.1) is 12.1 Å². The van der Waals surface area contributed by atoms with Crippen LogP contribution in [-0.4, -0.2) is 17.8 Å². The third-order valence-electron chi connectivity index (χ3n) is 3.17. The summed E-state index contributed by atoms with van der Waals surface area (Å²) in [4.78, 5) is 0. The summed E-state index contributed by atoms with van der Waals surface area (Å²) in [7, 11) is 0. The molecule has 0 amide bonds. The van der Waals surface area contributed by atoms with Gasteiger partial charge in [-0.3, -0.25) is 0 Å². The van der Waals surface area contributed by atoms with Gasteiger partial charge in [-0.15, -0.1) is 0 Å². The van der Waals surface area contributed by atoms with Crippen LogP contribution in [0.2, 0.25) is 0 Å². The first-order valence-electron chi connectivity index (χ1n) is 6.58. The van der Waals surface area contributed by atoms with E-state index in [1.54, 1.807) is 12.1 Å². The third kappa shape index (κ3) is 4.51. The predicted molar refractivity (Wildman–Crippen MR) is 76.2 cm³/mol.